The minimum atomic E-state index is -0.829. The van der Waals surface area contributed by atoms with Gasteiger partial charge in [0.1, 0.15) is 6.04 Å². The molecule has 0 spiro atoms. The Balaban J connectivity index is 1.87. The molecular formula is C24H29BrN2O4S. The molecule has 0 saturated carbocycles. The molecule has 6 nitrogen and oxygen atoms in total. The van der Waals surface area contributed by atoms with Crippen LogP contribution in [0, 0.1) is 0 Å². The molecule has 0 aliphatic rings. The van der Waals surface area contributed by atoms with Gasteiger partial charge in [-0.05, 0) is 73.2 Å². The fourth-order valence-corrected chi connectivity index (χ4v) is 3.63. The van der Waals surface area contributed by atoms with Crippen molar-refractivity contribution in [2.24, 2.45) is 0 Å². The van der Waals surface area contributed by atoms with E-state index in [0.717, 1.165) is 23.7 Å². The van der Waals surface area contributed by atoms with Gasteiger partial charge < -0.3 is 15.4 Å². The third-order valence-corrected chi connectivity index (χ3v) is 5.88. The second-order valence-electron chi connectivity index (χ2n) is 7.27. The van der Waals surface area contributed by atoms with Crippen LogP contribution in [0.25, 0.3) is 0 Å². The van der Waals surface area contributed by atoms with Crippen LogP contribution < -0.4 is 10.6 Å². The van der Waals surface area contributed by atoms with Crippen molar-refractivity contribution in [3.05, 3.63) is 64.1 Å². The van der Waals surface area contributed by atoms with Gasteiger partial charge >= 0.3 is 5.97 Å². The summed E-state index contributed by atoms with van der Waals surface area (Å²) in [5, 5.41) is 5.43. The van der Waals surface area contributed by atoms with Crippen LogP contribution in [0.5, 0.6) is 0 Å². The number of thioether (sulfide) groups is 1. The number of ether oxygens (including phenoxy) is 1. The third-order valence-electron chi connectivity index (χ3n) is 4.71. The van der Waals surface area contributed by atoms with E-state index < -0.39 is 24.5 Å². The molecule has 0 saturated heterocycles. The largest absolute Gasteiger partial charge is 0.454 e. The molecule has 0 aliphatic heterocycles. The second kappa shape index (κ2) is 14.0. The van der Waals surface area contributed by atoms with Gasteiger partial charge in [-0.25, -0.2) is 4.79 Å². The number of aryl methyl sites for hydroxylation is 1. The number of hydrogen-bond donors (Lipinski definition) is 2. The number of amides is 2. The molecule has 2 rings (SSSR count). The average Bonchev–Trinajstić information content (AvgIpc) is 2.80. The Morgan fingerprint density at radius 1 is 1.06 bits per heavy atom. The molecule has 0 fully saturated rings. The monoisotopic (exact) mass is 520 g/mol. The van der Waals surface area contributed by atoms with E-state index in [1.807, 2.05) is 30.5 Å². The van der Waals surface area contributed by atoms with Crippen molar-refractivity contribution in [3.63, 3.8) is 0 Å². The summed E-state index contributed by atoms with van der Waals surface area (Å²) < 4.78 is 6.04. The number of halogens is 1. The number of benzene rings is 2. The lowest BCUT2D eigenvalue weighted by molar-refractivity contribution is -0.149. The Morgan fingerprint density at radius 2 is 1.75 bits per heavy atom. The maximum Gasteiger partial charge on any atom is 0.329 e. The minimum absolute atomic E-state index is 0.367. The Kier molecular flexibility index (Phi) is 11.3. The van der Waals surface area contributed by atoms with Crippen molar-refractivity contribution in [2.45, 2.75) is 38.6 Å². The van der Waals surface area contributed by atoms with Crippen LogP contribution in [0.2, 0.25) is 0 Å². The highest BCUT2D eigenvalue weighted by molar-refractivity contribution is 9.10. The highest BCUT2D eigenvalue weighted by Gasteiger charge is 2.23. The van der Waals surface area contributed by atoms with Gasteiger partial charge in [-0.1, -0.05) is 41.4 Å². The molecule has 2 aromatic rings. The first-order chi connectivity index (χ1) is 15.4. The number of rotatable bonds is 12. The van der Waals surface area contributed by atoms with E-state index in [-0.39, 0.29) is 5.91 Å². The number of anilines is 1. The lowest BCUT2D eigenvalue weighted by Crippen LogP contribution is -2.43. The predicted octanol–water partition coefficient (Wildman–Crippen LogP) is 4.83. The first-order valence-electron chi connectivity index (χ1n) is 10.5. The fourth-order valence-electron chi connectivity index (χ4n) is 2.90. The summed E-state index contributed by atoms with van der Waals surface area (Å²) in [7, 11) is 0. The second-order valence-corrected chi connectivity index (χ2v) is 9.17. The standard InChI is InChI=1S/C24H29BrN2O4S/c1-3-4-5-17-6-12-20(13-7-17)26-22(28)16-31-24(30)21(14-15-32-2)27-23(29)18-8-10-19(25)11-9-18/h6-13,21H,3-5,14-16H2,1-2H3,(H,26,28)(H,27,29)/t21-/m1/s1. The van der Waals surface area contributed by atoms with Gasteiger partial charge in [-0.15, -0.1) is 0 Å². The zero-order valence-corrected chi connectivity index (χ0v) is 20.8. The molecule has 0 radical (unpaired) electrons. The van der Waals surface area contributed by atoms with Crippen LogP contribution in [0.15, 0.2) is 53.0 Å². The Labute approximate surface area is 202 Å². The normalized spacial score (nSPS) is 11.5. The first-order valence-corrected chi connectivity index (χ1v) is 12.7. The molecule has 172 valence electrons. The maximum absolute atomic E-state index is 12.5. The third kappa shape index (κ3) is 9.04. The number of nitrogens with one attached hydrogen (secondary N) is 2. The van der Waals surface area contributed by atoms with Crippen molar-refractivity contribution in [1.29, 1.82) is 0 Å². The lowest BCUT2D eigenvalue weighted by Gasteiger charge is -2.17. The quantitative estimate of drug-likeness (QED) is 0.391. The van der Waals surface area contributed by atoms with Gasteiger partial charge in [0, 0.05) is 15.7 Å². The number of unbranched alkanes of at least 4 members (excludes halogenated alkanes) is 1. The summed E-state index contributed by atoms with van der Waals surface area (Å²) in [6, 6.07) is 13.6. The van der Waals surface area contributed by atoms with Crippen LogP contribution >= 0.6 is 27.7 Å². The number of carbonyl (C=O) groups excluding carboxylic acids is 3. The SMILES string of the molecule is CCCCc1ccc(NC(=O)COC(=O)[C@@H](CCSC)NC(=O)c2ccc(Br)cc2)cc1. The van der Waals surface area contributed by atoms with Crippen LogP contribution in [0.4, 0.5) is 5.69 Å². The number of carbonyl (C=O) groups is 3. The molecule has 0 heterocycles. The van der Waals surface area contributed by atoms with Crippen molar-refractivity contribution < 1.29 is 19.1 Å². The summed E-state index contributed by atoms with van der Waals surface area (Å²) in [5.41, 5.74) is 2.30. The Hall–Kier alpha value is -2.32. The molecule has 0 unspecified atom stereocenters. The van der Waals surface area contributed by atoms with Gasteiger partial charge in [0.2, 0.25) is 0 Å². The van der Waals surface area contributed by atoms with Gasteiger partial charge in [-0.3, -0.25) is 9.59 Å². The first kappa shape index (κ1) is 25.9. The maximum atomic E-state index is 12.5. The summed E-state index contributed by atoms with van der Waals surface area (Å²) in [6.45, 7) is 1.73. The van der Waals surface area contributed by atoms with Crippen molar-refractivity contribution in [3.8, 4) is 0 Å². The number of hydrogen-bond acceptors (Lipinski definition) is 5. The molecule has 2 N–H and O–H groups in total. The van der Waals surface area contributed by atoms with Crippen LogP contribution in [0.3, 0.4) is 0 Å². The topological polar surface area (TPSA) is 84.5 Å². The van der Waals surface area contributed by atoms with Crippen molar-refractivity contribution >= 4 is 51.2 Å². The molecule has 8 heteroatoms. The Bertz CT molecular complexity index is 888. The molecule has 1 atom stereocenters. The van der Waals surface area contributed by atoms with E-state index in [0.29, 0.717) is 23.4 Å². The average molecular weight is 521 g/mol. The number of esters is 1. The molecule has 2 amide bonds. The lowest BCUT2D eigenvalue weighted by atomic mass is 10.1. The fraction of sp³-hybridized carbons (Fsp3) is 0.375. The summed E-state index contributed by atoms with van der Waals surface area (Å²) in [4.78, 5) is 37.2. The zero-order valence-electron chi connectivity index (χ0n) is 18.4. The van der Waals surface area contributed by atoms with Crippen LogP contribution in [-0.2, 0) is 20.7 Å². The van der Waals surface area contributed by atoms with Crippen molar-refractivity contribution in [2.75, 3.05) is 23.9 Å². The van der Waals surface area contributed by atoms with Crippen LogP contribution in [-0.4, -0.2) is 42.4 Å². The molecule has 0 aromatic heterocycles. The predicted molar refractivity (Wildman–Crippen MR) is 133 cm³/mol. The van der Waals surface area contributed by atoms with E-state index >= 15 is 0 Å². The van der Waals surface area contributed by atoms with E-state index in [1.165, 1.54) is 5.56 Å². The van der Waals surface area contributed by atoms with E-state index in [1.54, 1.807) is 36.0 Å². The molecule has 0 aliphatic carbocycles. The molecular weight excluding hydrogens is 492 g/mol. The smallest absolute Gasteiger partial charge is 0.329 e. The molecule has 2 aromatic carbocycles. The van der Waals surface area contributed by atoms with Gasteiger partial charge in [0.15, 0.2) is 6.61 Å². The summed E-state index contributed by atoms with van der Waals surface area (Å²) >= 11 is 4.89. The zero-order chi connectivity index (χ0) is 23.3. The van der Waals surface area contributed by atoms with Gasteiger partial charge in [0.05, 0.1) is 0 Å². The summed E-state index contributed by atoms with van der Waals surface area (Å²) in [5.74, 6) is -0.762. The van der Waals surface area contributed by atoms with E-state index in [4.69, 9.17) is 4.74 Å². The van der Waals surface area contributed by atoms with Gasteiger partial charge in [0.25, 0.3) is 11.8 Å². The van der Waals surface area contributed by atoms with Gasteiger partial charge in [-0.2, -0.15) is 11.8 Å². The summed E-state index contributed by atoms with van der Waals surface area (Å²) in [6.07, 6.45) is 5.58. The Morgan fingerprint density at radius 3 is 2.38 bits per heavy atom. The highest BCUT2D eigenvalue weighted by atomic mass is 79.9. The molecule has 32 heavy (non-hydrogen) atoms. The molecule has 0 bridgehead atoms. The minimum Gasteiger partial charge on any atom is -0.454 e. The van der Waals surface area contributed by atoms with Crippen molar-refractivity contribution in [1.82, 2.24) is 5.32 Å². The van der Waals surface area contributed by atoms with E-state index in [9.17, 15) is 14.4 Å². The van der Waals surface area contributed by atoms with Crippen LogP contribution in [0.1, 0.15) is 42.1 Å². The highest BCUT2D eigenvalue weighted by Crippen LogP contribution is 2.13. The van der Waals surface area contributed by atoms with E-state index in [2.05, 4.69) is 33.5 Å².